The monoisotopic (exact) mass is 254 g/mol. The zero-order valence-corrected chi connectivity index (χ0v) is 11.7. The number of nitrogens with zero attached hydrogens (tertiary/aromatic N) is 2. The van der Waals surface area contributed by atoms with Gasteiger partial charge in [0.2, 0.25) is 5.82 Å². The molecule has 1 rings (SSSR count). The van der Waals surface area contributed by atoms with Crippen molar-refractivity contribution in [3.05, 3.63) is 11.6 Å². The molecule has 1 aromatic rings. The second-order valence-corrected chi connectivity index (χ2v) is 5.41. The number of ether oxygens (including phenoxy) is 1. The fourth-order valence-electron chi connectivity index (χ4n) is 1.35. The molecule has 6 nitrogen and oxygen atoms in total. The highest BCUT2D eigenvalue weighted by atomic mass is 16.5. The molecule has 0 saturated carbocycles. The Kier molecular flexibility index (Phi) is 4.84. The minimum atomic E-state index is -0.259. The minimum absolute atomic E-state index is 0.0361. The predicted octanol–water partition coefficient (Wildman–Crippen LogP) is 1.26. The van der Waals surface area contributed by atoms with Crippen LogP contribution in [0.15, 0.2) is 0 Å². The molecule has 0 aliphatic heterocycles. The number of carbonyl (C=O) groups excluding carboxylic acids is 1. The standard InChI is InChI=1S/C12H22N4O2/c1-8(6-7-18-5)13-10(17)9-14-11(16-15-9)12(2,3)4/h8H,6-7H2,1-5H3,(H,13,17)(H,14,15,16). The molecule has 1 atom stereocenters. The lowest BCUT2D eigenvalue weighted by Gasteiger charge is -2.13. The maximum atomic E-state index is 11.9. The summed E-state index contributed by atoms with van der Waals surface area (Å²) < 4.78 is 4.96. The van der Waals surface area contributed by atoms with Gasteiger partial charge in [-0.2, -0.15) is 0 Å². The molecule has 1 heterocycles. The Morgan fingerprint density at radius 2 is 2.17 bits per heavy atom. The molecule has 1 unspecified atom stereocenters. The van der Waals surface area contributed by atoms with Gasteiger partial charge in [-0.1, -0.05) is 20.8 Å². The third kappa shape index (κ3) is 4.10. The Morgan fingerprint density at radius 1 is 1.50 bits per heavy atom. The molecule has 1 aromatic heterocycles. The van der Waals surface area contributed by atoms with Crippen LogP contribution in [0, 0.1) is 0 Å². The highest BCUT2D eigenvalue weighted by molar-refractivity contribution is 5.90. The van der Waals surface area contributed by atoms with E-state index in [2.05, 4.69) is 20.5 Å². The second kappa shape index (κ2) is 5.95. The smallest absolute Gasteiger partial charge is 0.291 e. The van der Waals surface area contributed by atoms with Crippen LogP contribution in [0.1, 0.15) is 50.6 Å². The van der Waals surface area contributed by atoms with E-state index in [9.17, 15) is 4.79 Å². The van der Waals surface area contributed by atoms with Crippen molar-refractivity contribution in [1.29, 1.82) is 0 Å². The van der Waals surface area contributed by atoms with E-state index in [-0.39, 0.29) is 23.2 Å². The maximum absolute atomic E-state index is 11.9. The quantitative estimate of drug-likeness (QED) is 0.829. The van der Waals surface area contributed by atoms with Crippen molar-refractivity contribution < 1.29 is 9.53 Å². The number of carbonyl (C=O) groups is 1. The molecule has 0 aromatic carbocycles. The summed E-state index contributed by atoms with van der Waals surface area (Å²) in [6, 6.07) is 0.0361. The van der Waals surface area contributed by atoms with Crippen LogP contribution in [0.4, 0.5) is 0 Å². The number of rotatable bonds is 5. The van der Waals surface area contributed by atoms with Gasteiger partial charge in [0.1, 0.15) is 5.82 Å². The topological polar surface area (TPSA) is 79.9 Å². The molecule has 0 aliphatic rings. The van der Waals surface area contributed by atoms with E-state index in [0.717, 1.165) is 6.42 Å². The van der Waals surface area contributed by atoms with Gasteiger partial charge >= 0.3 is 0 Å². The van der Waals surface area contributed by atoms with E-state index in [1.807, 2.05) is 27.7 Å². The number of H-pyrrole nitrogens is 1. The molecule has 1 amide bonds. The molecule has 102 valence electrons. The average molecular weight is 254 g/mol. The highest BCUT2D eigenvalue weighted by Crippen LogP contribution is 2.17. The van der Waals surface area contributed by atoms with E-state index < -0.39 is 0 Å². The summed E-state index contributed by atoms with van der Waals surface area (Å²) in [6.07, 6.45) is 0.763. The summed E-state index contributed by atoms with van der Waals surface area (Å²) in [5, 5.41) is 9.56. The molecule has 6 heteroatoms. The Morgan fingerprint density at radius 3 is 2.67 bits per heavy atom. The Labute approximate surface area is 108 Å². The lowest BCUT2D eigenvalue weighted by Crippen LogP contribution is -2.34. The Balaban J connectivity index is 2.59. The highest BCUT2D eigenvalue weighted by Gasteiger charge is 2.21. The van der Waals surface area contributed by atoms with E-state index in [4.69, 9.17) is 4.74 Å². The lowest BCUT2D eigenvalue weighted by atomic mass is 9.96. The van der Waals surface area contributed by atoms with Crippen molar-refractivity contribution in [2.75, 3.05) is 13.7 Å². The molecular weight excluding hydrogens is 232 g/mol. The molecule has 0 spiro atoms. The number of hydrogen-bond acceptors (Lipinski definition) is 4. The first kappa shape index (κ1) is 14.6. The van der Waals surface area contributed by atoms with Gasteiger partial charge in [-0.15, -0.1) is 5.10 Å². The largest absolute Gasteiger partial charge is 0.385 e. The summed E-state index contributed by atoms with van der Waals surface area (Å²) in [5.41, 5.74) is -0.146. The summed E-state index contributed by atoms with van der Waals surface area (Å²) in [4.78, 5) is 16.1. The summed E-state index contributed by atoms with van der Waals surface area (Å²) in [6.45, 7) is 8.57. The first-order chi connectivity index (χ1) is 8.34. The van der Waals surface area contributed by atoms with Crippen molar-refractivity contribution in [2.24, 2.45) is 0 Å². The van der Waals surface area contributed by atoms with Crippen molar-refractivity contribution in [2.45, 2.75) is 45.6 Å². The van der Waals surface area contributed by atoms with Crippen LogP contribution in [0.3, 0.4) is 0 Å². The number of aromatic nitrogens is 3. The number of amides is 1. The van der Waals surface area contributed by atoms with Gasteiger partial charge in [0, 0.05) is 25.2 Å². The molecule has 0 radical (unpaired) electrons. The third-order valence-electron chi connectivity index (χ3n) is 2.53. The molecule has 0 aliphatic carbocycles. The van der Waals surface area contributed by atoms with Crippen LogP contribution in [-0.4, -0.2) is 40.8 Å². The van der Waals surface area contributed by atoms with Gasteiger partial charge in [-0.25, -0.2) is 4.98 Å². The van der Waals surface area contributed by atoms with Gasteiger partial charge < -0.3 is 10.1 Å². The van der Waals surface area contributed by atoms with Crippen LogP contribution >= 0.6 is 0 Å². The van der Waals surface area contributed by atoms with Crippen molar-refractivity contribution >= 4 is 5.91 Å². The number of hydrogen-bond donors (Lipinski definition) is 2. The van der Waals surface area contributed by atoms with Gasteiger partial charge in [0.05, 0.1) is 0 Å². The summed E-state index contributed by atoms with van der Waals surface area (Å²) in [7, 11) is 1.64. The van der Waals surface area contributed by atoms with E-state index >= 15 is 0 Å². The second-order valence-electron chi connectivity index (χ2n) is 5.41. The molecule has 18 heavy (non-hydrogen) atoms. The molecular formula is C12H22N4O2. The minimum Gasteiger partial charge on any atom is -0.385 e. The fraction of sp³-hybridized carbons (Fsp3) is 0.750. The summed E-state index contributed by atoms with van der Waals surface area (Å²) >= 11 is 0. The first-order valence-corrected chi connectivity index (χ1v) is 6.07. The fourth-order valence-corrected chi connectivity index (χ4v) is 1.35. The van der Waals surface area contributed by atoms with Crippen LogP contribution in [0.5, 0.6) is 0 Å². The zero-order chi connectivity index (χ0) is 13.8. The van der Waals surface area contributed by atoms with E-state index in [1.54, 1.807) is 7.11 Å². The van der Waals surface area contributed by atoms with Crippen molar-refractivity contribution in [3.8, 4) is 0 Å². The van der Waals surface area contributed by atoms with Crippen molar-refractivity contribution in [3.63, 3.8) is 0 Å². The molecule has 0 saturated heterocycles. The Hall–Kier alpha value is -1.43. The SMILES string of the molecule is COCCC(C)NC(=O)c1n[nH]c(C(C)(C)C)n1. The zero-order valence-electron chi connectivity index (χ0n) is 11.7. The molecule has 0 fully saturated rings. The number of nitrogens with one attached hydrogen (secondary N) is 2. The average Bonchev–Trinajstić information content (AvgIpc) is 2.75. The maximum Gasteiger partial charge on any atom is 0.291 e. The van der Waals surface area contributed by atoms with Crippen LogP contribution in [-0.2, 0) is 10.2 Å². The third-order valence-corrected chi connectivity index (χ3v) is 2.53. The molecule has 0 bridgehead atoms. The van der Waals surface area contributed by atoms with Gasteiger partial charge in [0.25, 0.3) is 5.91 Å². The van der Waals surface area contributed by atoms with Crippen LogP contribution in [0.25, 0.3) is 0 Å². The van der Waals surface area contributed by atoms with Gasteiger partial charge in [0.15, 0.2) is 0 Å². The van der Waals surface area contributed by atoms with E-state index in [1.165, 1.54) is 0 Å². The van der Waals surface area contributed by atoms with E-state index in [0.29, 0.717) is 12.4 Å². The predicted molar refractivity (Wildman–Crippen MR) is 68.5 cm³/mol. The van der Waals surface area contributed by atoms with Crippen molar-refractivity contribution in [1.82, 2.24) is 20.5 Å². The van der Waals surface area contributed by atoms with Crippen LogP contribution < -0.4 is 5.32 Å². The normalized spacial score (nSPS) is 13.4. The number of methoxy groups -OCH3 is 1. The van der Waals surface area contributed by atoms with Gasteiger partial charge in [-0.05, 0) is 13.3 Å². The summed E-state index contributed by atoms with van der Waals surface area (Å²) in [5.74, 6) is 0.631. The Bertz CT molecular complexity index is 395. The van der Waals surface area contributed by atoms with Crippen LogP contribution in [0.2, 0.25) is 0 Å². The molecule has 2 N–H and O–H groups in total. The van der Waals surface area contributed by atoms with Gasteiger partial charge in [-0.3, -0.25) is 9.89 Å². The lowest BCUT2D eigenvalue weighted by molar-refractivity contribution is 0.0919. The number of aromatic amines is 1. The first-order valence-electron chi connectivity index (χ1n) is 6.07.